The van der Waals surface area contributed by atoms with Gasteiger partial charge >= 0.3 is 5.97 Å². The van der Waals surface area contributed by atoms with E-state index in [1.807, 2.05) is 43.3 Å². The van der Waals surface area contributed by atoms with E-state index in [1.54, 1.807) is 18.2 Å². The molecule has 0 unspecified atom stereocenters. The summed E-state index contributed by atoms with van der Waals surface area (Å²) in [5, 5.41) is 0. The Hall–Kier alpha value is -3.54. The average molecular weight is 379 g/mol. The molecule has 0 spiro atoms. The number of methoxy groups -OCH3 is 3. The van der Waals surface area contributed by atoms with Crippen molar-refractivity contribution < 1.29 is 23.7 Å². The molecule has 6 heteroatoms. The molecule has 0 saturated heterocycles. The third kappa shape index (κ3) is 4.06. The van der Waals surface area contributed by atoms with Crippen LogP contribution in [-0.4, -0.2) is 33.2 Å². The van der Waals surface area contributed by atoms with Gasteiger partial charge in [-0.3, -0.25) is 0 Å². The van der Waals surface area contributed by atoms with E-state index >= 15 is 0 Å². The number of carbonyl (C=O) groups excluding carboxylic acids is 1. The van der Waals surface area contributed by atoms with Gasteiger partial charge in [0.15, 0.2) is 17.2 Å². The van der Waals surface area contributed by atoms with Gasteiger partial charge in [-0.15, -0.1) is 0 Å². The van der Waals surface area contributed by atoms with Crippen molar-refractivity contribution >= 4 is 17.9 Å². The summed E-state index contributed by atoms with van der Waals surface area (Å²) in [6.45, 7) is 1.90. The second-order valence-corrected chi connectivity index (χ2v) is 6.05. The molecule has 0 bridgehead atoms. The van der Waals surface area contributed by atoms with Crippen LogP contribution in [0.15, 0.2) is 64.8 Å². The zero-order valence-corrected chi connectivity index (χ0v) is 16.2. The standard InChI is InChI=1S/C22H21NO5/c1-14(10-15-8-6-5-7-9-15)11-17-22(24)28-21(23-17)16-12-18(25-2)20(27-4)19(13-16)26-3/h5-13H,1-4H3/b14-10+,17-11-. The lowest BCUT2D eigenvalue weighted by atomic mass is 10.1. The summed E-state index contributed by atoms with van der Waals surface area (Å²) in [6.07, 6.45) is 3.66. The number of hydrogen-bond acceptors (Lipinski definition) is 6. The Morgan fingerprint density at radius 1 is 1.00 bits per heavy atom. The average Bonchev–Trinajstić information content (AvgIpc) is 3.07. The Kier molecular flexibility index (Phi) is 5.79. The molecule has 0 atom stereocenters. The molecule has 6 nitrogen and oxygen atoms in total. The molecular formula is C22H21NO5. The van der Waals surface area contributed by atoms with Crippen molar-refractivity contribution in [3.8, 4) is 17.2 Å². The maximum Gasteiger partial charge on any atom is 0.363 e. The molecule has 0 aliphatic carbocycles. The van der Waals surface area contributed by atoms with Crippen molar-refractivity contribution in [1.82, 2.24) is 0 Å². The lowest BCUT2D eigenvalue weighted by Gasteiger charge is -2.13. The summed E-state index contributed by atoms with van der Waals surface area (Å²) in [5.74, 6) is 1.03. The Morgan fingerprint density at radius 3 is 2.21 bits per heavy atom. The Bertz CT molecular complexity index is 949. The fourth-order valence-electron chi connectivity index (χ4n) is 2.81. The van der Waals surface area contributed by atoms with Crippen molar-refractivity contribution in [2.24, 2.45) is 4.99 Å². The van der Waals surface area contributed by atoms with E-state index in [2.05, 4.69) is 4.99 Å². The van der Waals surface area contributed by atoms with Crippen molar-refractivity contribution in [1.29, 1.82) is 0 Å². The predicted octanol–water partition coefficient (Wildman–Crippen LogP) is 4.00. The SMILES string of the molecule is COc1cc(C2=N/C(=C\C(C)=C\c3ccccc3)C(=O)O2)cc(OC)c1OC. The summed E-state index contributed by atoms with van der Waals surface area (Å²) >= 11 is 0. The van der Waals surface area contributed by atoms with Crippen LogP contribution in [0, 0.1) is 0 Å². The number of ether oxygens (including phenoxy) is 4. The molecule has 3 rings (SSSR count). The largest absolute Gasteiger partial charge is 0.493 e. The van der Waals surface area contributed by atoms with Gasteiger partial charge in [0.2, 0.25) is 11.6 Å². The topological polar surface area (TPSA) is 66.4 Å². The van der Waals surface area contributed by atoms with E-state index in [1.165, 1.54) is 21.3 Å². The quantitative estimate of drug-likeness (QED) is 0.561. The first kappa shape index (κ1) is 19.2. The zero-order chi connectivity index (χ0) is 20.1. The monoisotopic (exact) mass is 379 g/mol. The minimum absolute atomic E-state index is 0.183. The van der Waals surface area contributed by atoms with Crippen LogP contribution in [0.3, 0.4) is 0 Å². The Morgan fingerprint density at radius 2 is 1.64 bits per heavy atom. The molecule has 0 N–H and O–H groups in total. The number of cyclic esters (lactones) is 1. The third-order valence-corrected chi connectivity index (χ3v) is 4.09. The van der Waals surface area contributed by atoms with E-state index in [9.17, 15) is 4.79 Å². The van der Waals surface area contributed by atoms with Gasteiger partial charge in [-0.1, -0.05) is 36.4 Å². The van der Waals surface area contributed by atoms with E-state index in [4.69, 9.17) is 18.9 Å². The second kappa shape index (κ2) is 8.43. The molecule has 0 amide bonds. The minimum Gasteiger partial charge on any atom is -0.493 e. The highest BCUT2D eigenvalue weighted by Gasteiger charge is 2.26. The van der Waals surface area contributed by atoms with Gasteiger partial charge < -0.3 is 18.9 Å². The van der Waals surface area contributed by atoms with Gasteiger partial charge in [0.05, 0.1) is 21.3 Å². The number of hydrogen-bond donors (Lipinski definition) is 0. The molecule has 0 fully saturated rings. The highest BCUT2D eigenvalue weighted by Crippen LogP contribution is 2.39. The van der Waals surface area contributed by atoms with E-state index < -0.39 is 5.97 Å². The van der Waals surface area contributed by atoms with Crippen LogP contribution in [0.1, 0.15) is 18.1 Å². The summed E-state index contributed by atoms with van der Waals surface area (Å²) in [4.78, 5) is 16.6. The van der Waals surface area contributed by atoms with Crippen molar-refractivity contribution in [2.75, 3.05) is 21.3 Å². The van der Waals surface area contributed by atoms with E-state index in [-0.39, 0.29) is 11.6 Å². The summed E-state index contributed by atoms with van der Waals surface area (Å²) in [6, 6.07) is 13.2. The Labute approximate surface area is 163 Å². The van der Waals surface area contributed by atoms with Crippen molar-refractivity contribution in [2.45, 2.75) is 6.92 Å². The number of nitrogens with zero attached hydrogens (tertiary/aromatic N) is 1. The molecule has 2 aromatic carbocycles. The van der Waals surface area contributed by atoms with Crippen LogP contribution in [0.4, 0.5) is 0 Å². The molecule has 1 aliphatic heterocycles. The molecule has 1 heterocycles. The highest BCUT2D eigenvalue weighted by molar-refractivity contribution is 6.11. The predicted molar refractivity (Wildman–Crippen MR) is 107 cm³/mol. The highest BCUT2D eigenvalue weighted by atomic mass is 16.6. The smallest absolute Gasteiger partial charge is 0.363 e. The van der Waals surface area contributed by atoms with Gasteiger partial charge in [-0.2, -0.15) is 0 Å². The number of rotatable bonds is 6. The second-order valence-electron chi connectivity index (χ2n) is 6.05. The number of carbonyl (C=O) groups is 1. The molecule has 1 aliphatic rings. The minimum atomic E-state index is -0.510. The fourth-order valence-corrected chi connectivity index (χ4v) is 2.81. The molecule has 144 valence electrons. The maximum absolute atomic E-state index is 12.3. The molecule has 0 saturated carbocycles. The van der Waals surface area contributed by atoms with Crippen LogP contribution in [0.25, 0.3) is 6.08 Å². The van der Waals surface area contributed by atoms with Gasteiger partial charge in [0.25, 0.3) is 0 Å². The number of allylic oxidation sites excluding steroid dienone is 2. The first-order valence-electron chi connectivity index (χ1n) is 8.62. The lowest BCUT2D eigenvalue weighted by molar-refractivity contribution is -0.130. The van der Waals surface area contributed by atoms with Gasteiger partial charge in [0.1, 0.15) is 0 Å². The maximum atomic E-state index is 12.3. The third-order valence-electron chi connectivity index (χ3n) is 4.09. The van der Waals surface area contributed by atoms with Gasteiger partial charge in [-0.25, -0.2) is 9.79 Å². The molecule has 28 heavy (non-hydrogen) atoms. The number of aliphatic imine (C=N–C) groups is 1. The normalized spacial score (nSPS) is 15.3. The summed E-state index contributed by atoms with van der Waals surface area (Å²) in [7, 11) is 4.56. The first-order valence-corrected chi connectivity index (χ1v) is 8.62. The first-order chi connectivity index (χ1) is 13.5. The molecule has 0 radical (unpaired) electrons. The molecule has 0 aromatic heterocycles. The number of benzene rings is 2. The van der Waals surface area contributed by atoms with Crippen LogP contribution in [0.2, 0.25) is 0 Å². The van der Waals surface area contributed by atoms with E-state index in [0.29, 0.717) is 22.8 Å². The van der Waals surface area contributed by atoms with Crippen molar-refractivity contribution in [3.05, 3.63) is 70.9 Å². The molecular weight excluding hydrogens is 358 g/mol. The number of esters is 1. The van der Waals surface area contributed by atoms with Crippen LogP contribution in [-0.2, 0) is 9.53 Å². The van der Waals surface area contributed by atoms with Crippen LogP contribution in [0.5, 0.6) is 17.2 Å². The summed E-state index contributed by atoms with van der Waals surface area (Å²) < 4.78 is 21.3. The molecule has 2 aromatic rings. The van der Waals surface area contributed by atoms with Crippen molar-refractivity contribution in [3.63, 3.8) is 0 Å². The summed E-state index contributed by atoms with van der Waals surface area (Å²) in [5.41, 5.74) is 2.70. The van der Waals surface area contributed by atoms with E-state index in [0.717, 1.165) is 11.1 Å². The van der Waals surface area contributed by atoms with Crippen LogP contribution >= 0.6 is 0 Å². The van der Waals surface area contributed by atoms with Gasteiger partial charge in [-0.05, 0) is 36.3 Å². The lowest BCUT2D eigenvalue weighted by Crippen LogP contribution is -2.07. The Balaban J connectivity index is 1.95. The fraction of sp³-hybridized carbons (Fsp3) is 0.182. The van der Waals surface area contributed by atoms with Crippen LogP contribution < -0.4 is 14.2 Å². The van der Waals surface area contributed by atoms with Gasteiger partial charge in [0, 0.05) is 5.56 Å². The zero-order valence-electron chi connectivity index (χ0n) is 16.2.